The summed E-state index contributed by atoms with van der Waals surface area (Å²) in [6.45, 7) is 3.07. The van der Waals surface area contributed by atoms with Gasteiger partial charge in [-0.25, -0.2) is 0 Å². The van der Waals surface area contributed by atoms with Crippen molar-refractivity contribution in [3.05, 3.63) is 120 Å². The summed E-state index contributed by atoms with van der Waals surface area (Å²) < 4.78 is 0.710. The molecule has 4 rings (SSSR count). The maximum Gasteiger partial charge on any atom is 0.122 e. The minimum atomic E-state index is 0.710. The summed E-state index contributed by atoms with van der Waals surface area (Å²) in [6.07, 6.45) is 7.41. The Labute approximate surface area is 171 Å². The van der Waals surface area contributed by atoms with Crippen LogP contribution in [0, 0.1) is 0 Å². The van der Waals surface area contributed by atoms with E-state index in [4.69, 9.17) is 0 Å². The van der Waals surface area contributed by atoms with Gasteiger partial charge in [0.2, 0.25) is 0 Å². The van der Waals surface area contributed by atoms with Gasteiger partial charge in [0.1, 0.15) is 26.2 Å². The molecule has 0 saturated carbocycles. The van der Waals surface area contributed by atoms with Crippen molar-refractivity contribution in [2.24, 2.45) is 0 Å². The van der Waals surface area contributed by atoms with Crippen LogP contribution in [0.25, 0.3) is 0 Å². The fraction of sp³-hybridized carbons (Fsp3) is 0.167. The molecule has 0 aromatic carbocycles. The van der Waals surface area contributed by atoms with E-state index in [1.165, 1.54) is 0 Å². The molecule has 0 spiro atoms. The first kappa shape index (κ1) is 18.9. The summed E-state index contributed by atoms with van der Waals surface area (Å²) in [5.41, 5.74) is 4.20. The number of pyridine rings is 4. The molecule has 4 heterocycles. The van der Waals surface area contributed by atoms with Crippen molar-refractivity contribution in [3.63, 3.8) is 0 Å². The summed E-state index contributed by atoms with van der Waals surface area (Å²) >= 11 is 0. The van der Waals surface area contributed by atoms with E-state index >= 15 is 0 Å². The SMILES string of the molecule is c1ccc(C[N+](Cc2ccccn2)(Cc2ccccn2)Cc2ccccn2)nc1. The lowest BCUT2D eigenvalue weighted by atomic mass is 10.1. The van der Waals surface area contributed by atoms with E-state index < -0.39 is 0 Å². The van der Waals surface area contributed by atoms with Crippen molar-refractivity contribution in [1.82, 2.24) is 19.9 Å². The van der Waals surface area contributed by atoms with E-state index in [-0.39, 0.29) is 0 Å². The van der Waals surface area contributed by atoms with Gasteiger partial charge in [0.25, 0.3) is 0 Å². The predicted octanol–water partition coefficient (Wildman–Crippen LogP) is 4.18. The van der Waals surface area contributed by atoms with Crippen LogP contribution in [0.1, 0.15) is 22.8 Å². The lowest BCUT2D eigenvalue weighted by molar-refractivity contribution is -0.979. The van der Waals surface area contributed by atoms with E-state index in [2.05, 4.69) is 44.2 Å². The average Bonchev–Trinajstić information content (AvgIpc) is 2.76. The van der Waals surface area contributed by atoms with Crippen LogP contribution in [-0.4, -0.2) is 24.4 Å². The molecule has 4 aromatic heterocycles. The zero-order valence-corrected chi connectivity index (χ0v) is 16.3. The minimum absolute atomic E-state index is 0.710. The van der Waals surface area contributed by atoms with Gasteiger partial charge in [-0.05, 0) is 48.5 Å². The smallest absolute Gasteiger partial charge is 0.122 e. The second-order valence-electron chi connectivity index (χ2n) is 7.26. The molecular weight excluding hydrogens is 358 g/mol. The third-order valence-electron chi connectivity index (χ3n) is 4.89. The van der Waals surface area contributed by atoms with E-state index in [0.717, 1.165) is 49.0 Å². The Kier molecular flexibility index (Phi) is 5.98. The van der Waals surface area contributed by atoms with Crippen molar-refractivity contribution < 1.29 is 4.48 Å². The van der Waals surface area contributed by atoms with Gasteiger partial charge in [0.05, 0.1) is 22.8 Å². The molecule has 5 heteroatoms. The van der Waals surface area contributed by atoms with Crippen LogP contribution in [0.5, 0.6) is 0 Å². The topological polar surface area (TPSA) is 51.6 Å². The average molecular weight is 382 g/mol. The number of hydrogen-bond donors (Lipinski definition) is 0. The first-order valence-electron chi connectivity index (χ1n) is 9.76. The Balaban J connectivity index is 1.75. The Hall–Kier alpha value is -3.44. The molecule has 0 aliphatic carbocycles. The molecule has 0 saturated heterocycles. The Bertz CT molecular complexity index is 821. The van der Waals surface area contributed by atoms with Crippen molar-refractivity contribution in [3.8, 4) is 0 Å². The summed E-state index contributed by atoms with van der Waals surface area (Å²) in [5, 5.41) is 0. The number of aromatic nitrogens is 4. The van der Waals surface area contributed by atoms with Crippen LogP contribution in [-0.2, 0) is 26.2 Å². The molecule has 144 valence electrons. The van der Waals surface area contributed by atoms with Crippen LogP contribution >= 0.6 is 0 Å². The van der Waals surface area contributed by atoms with Gasteiger partial charge in [-0.3, -0.25) is 19.9 Å². The second kappa shape index (κ2) is 9.17. The van der Waals surface area contributed by atoms with Crippen LogP contribution < -0.4 is 0 Å². The molecule has 0 atom stereocenters. The summed E-state index contributed by atoms with van der Waals surface area (Å²) in [5.74, 6) is 0. The molecule has 0 radical (unpaired) electrons. The van der Waals surface area contributed by atoms with Gasteiger partial charge in [-0.1, -0.05) is 24.3 Å². The molecular formula is C24H24N5+. The summed E-state index contributed by atoms with van der Waals surface area (Å²) in [7, 11) is 0. The third kappa shape index (κ3) is 5.30. The van der Waals surface area contributed by atoms with Crippen molar-refractivity contribution in [1.29, 1.82) is 0 Å². The van der Waals surface area contributed by atoms with E-state index in [1.54, 1.807) is 0 Å². The summed E-state index contributed by atoms with van der Waals surface area (Å²) in [4.78, 5) is 18.4. The van der Waals surface area contributed by atoms with Gasteiger partial charge < -0.3 is 4.48 Å². The van der Waals surface area contributed by atoms with Gasteiger partial charge in [0, 0.05) is 24.8 Å². The molecule has 0 aliphatic rings. The molecule has 4 aromatic rings. The quantitative estimate of drug-likeness (QED) is 0.429. The molecule has 0 unspecified atom stereocenters. The maximum absolute atomic E-state index is 4.61. The number of rotatable bonds is 8. The van der Waals surface area contributed by atoms with Gasteiger partial charge in [-0.15, -0.1) is 0 Å². The van der Waals surface area contributed by atoms with Crippen molar-refractivity contribution in [2.45, 2.75) is 26.2 Å². The van der Waals surface area contributed by atoms with Gasteiger partial charge >= 0.3 is 0 Å². The summed E-state index contributed by atoms with van der Waals surface area (Å²) in [6, 6.07) is 24.3. The number of hydrogen-bond acceptors (Lipinski definition) is 4. The standard InChI is InChI=1S/C24H24N5/c1-5-13-25-21(9-1)17-29(18-22-10-2-6-14-26-22,19-23-11-3-7-15-27-23)20-24-12-4-8-16-28-24/h1-16H,17-20H2/q+1. The van der Waals surface area contributed by atoms with E-state index in [0.29, 0.717) is 4.48 Å². The van der Waals surface area contributed by atoms with Gasteiger partial charge in [-0.2, -0.15) is 0 Å². The molecule has 29 heavy (non-hydrogen) atoms. The predicted molar refractivity (Wildman–Crippen MR) is 112 cm³/mol. The van der Waals surface area contributed by atoms with Gasteiger partial charge in [0.15, 0.2) is 0 Å². The molecule has 0 aliphatic heterocycles. The number of nitrogens with zero attached hydrogens (tertiary/aromatic N) is 5. The fourth-order valence-corrected chi connectivity index (χ4v) is 3.68. The lowest BCUT2D eigenvalue weighted by Gasteiger charge is -2.38. The Morgan fingerprint density at radius 2 is 0.690 bits per heavy atom. The Morgan fingerprint density at radius 1 is 0.414 bits per heavy atom. The van der Waals surface area contributed by atoms with Crippen molar-refractivity contribution >= 4 is 0 Å². The van der Waals surface area contributed by atoms with Crippen LogP contribution in [0.15, 0.2) is 97.6 Å². The number of quaternary nitrogens is 1. The molecule has 0 amide bonds. The zero-order chi connectivity index (χ0) is 19.8. The lowest BCUT2D eigenvalue weighted by Crippen LogP contribution is -2.46. The minimum Gasteiger partial charge on any atom is -0.304 e. The van der Waals surface area contributed by atoms with E-state index in [1.807, 2.05) is 73.3 Å². The highest BCUT2D eigenvalue weighted by atomic mass is 15.4. The molecule has 0 N–H and O–H groups in total. The van der Waals surface area contributed by atoms with Crippen LogP contribution in [0.4, 0.5) is 0 Å². The Morgan fingerprint density at radius 3 is 0.897 bits per heavy atom. The molecule has 0 bridgehead atoms. The maximum atomic E-state index is 4.61. The normalized spacial score (nSPS) is 11.3. The first-order chi connectivity index (χ1) is 14.3. The molecule has 5 nitrogen and oxygen atoms in total. The van der Waals surface area contributed by atoms with E-state index in [9.17, 15) is 0 Å². The third-order valence-corrected chi connectivity index (χ3v) is 4.89. The van der Waals surface area contributed by atoms with Crippen LogP contribution in [0.3, 0.4) is 0 Å². The highest BCUT2D eigenvalue weighted by Gasteiger charge is 2.31. The first-order valence-corrected chi connectivity index (χ1v) is 9.76. The largest absolute Gasteiger partial charge is 0.304 e. The zero-order valence-electron chi connectivity index (χ0n) is 16.3. The van der Waals surface area contributed by atoms with Crippen LogP contribution in [0.2, 0.25) is 0 Å². The monoisotopic (exact) mass is 382 g/mol. The molecule has 0 fully saturated rings. The highest BCUT2D eigenvalue weighted by Crippen LogP contribution is 2.25. The second-order valence-corrected chi connectivity index (χ2v) is 7.26. The highest BCUT2D eigenvalue weighted by molar-refractivity contribution is 5.08. The van der Waals surface area contributed by atoms with Crippen molar-refractivity contribution in [2.75, 3.05) is 0 Å². The fourth-order valence-electron chi connectivity index (χ4n) is 3.68.